The standard InChI is InChI=1S/C33H31N3O5/c1-18-7-8-20-15-36(33(39)27(20)13-18)29-6-4-5-23(19(29)2)24-11-12-26(32(34)38)31-30(24)25-10-9-22(14-28(25)35-31)41-17-21(37)16-40-3/h4-14,21,35,37H,15-17H2,1-3H3,(H2,34,38). The van der Waals surface area contributed by atoms with E-state index < -0.39 is 12.0 Å². The number of carbonyl (C=O) groups excluding carboxylic acids is 2. The highest BCUT2D eigenvalue weighted by Crippen LogP contribution is 2.41. The average molecular weight is 550 g/mol. The van der Waals surface area contributed by atoms with Gasteiger partial charge in [-0.05, 0) is 66.4 Å². The van der Waals surface area contributed by atoms with Crippen molar-refractivity contribution in [2.24, 2.45) is 5.73 Å². The van der Waals surface area contributed by atoms with Gasteiger partial charge < -0.3 is 30.2 Å². The molecular formula is C33H31N3O5. The number of fused-ring (bicyclic) bond motifs is 4. The number of amides is 2. The SMILES string of the molecule is COCC(O)COc1ccc2c(c1)[nH]c1c(C(N)=O)ccc(-c3cccc(N4Cc5ccc(C)cc5C4=O)c3C)c12. The first-order chi connectivity index (χ1) is 19.8. The van der Waals surface area contributed by atoms with Gasteiger partial charge in [0.2, 0.25) is 0 Å². The molecule has 1 aliphatic heterocycles. The maximum atomic E-state index is 13.4. The van der Waals surface area contributed by atoms with E-state index in [0.29, 0.717) is 23.4 Å². The van der Waals surface area contributed by atoms with E-state index in [0.717, 1.165) is 55.4 Å². The normalized spacial score (nSPS) is 13.7. The zero-order chi connectivity index (χ0) is 28.8. The van der Waals surface area contributed by atoms with Crippen molar-refractivity contribution in [2.75, 3.05) is 25.2 Å². The summed E-state index contributed by atoms with van der Waals surface area (Å²) in [6.07, 6.45) is -0.749. The fraction of sp³-hybridized carbons (Fsp3) is 0.212. The number of hydrogen-bond donors (Lipinski definition) is 3. The molecule has 208 valence electrons. The Labute approximate surface area is 237 Å². The molecule has 2 amide bonds. The van der Waals surface area contributed by atoms with Crippen LogP contribution in [-0.4, -0.2) is 48.3 Å². The molecule has 6 rings (SSSR count). The predicted molar refractivity (Wildman–Crippen MR) is 160 cm³/mol. The zero-order valence-electron chi connectivity index (χ0n) is 23.2. The Hall–Kier alpha value is -4.66. The summed E-state index contributed by atoms with van der Waals surface area (Å²) in [4.78, 5) is 31.0. The van der Waals surface area contributed by atoms with Crippen LogP contribution in [-0.2, 0) is 11.3 Å². The molecule has 4 N–H and O–H groups in total. The van der Waals surface area contributed by atoms with E-state index in [9.17, 15) is 14.7 Å². The van der Waals surface area contributed by atoms with Crippen molar-refractivity contribution in [3.63, 3.8) is 0 Å². The van der Waals surface area contributed by atoms with Crippen molar-refractivity contribution >= 4 is 39.3 Å². The molecule has 0 bridgehead atoms. The largest absolute Gasteiger partial charge is 0.491 e. The summed E-state index contributed by atoms with van der Waals surface area (Å²) in [6, 6.07) is 21.2. The second-order valence-corrected chi connectivity index (χ2v) is 10.5. The van der Waals surface area contributed by atoms with Gasteiger partial charge in [-0.25, -0.2) is 0 Å². The van der Waals surface area contributed by atoms with Gasteiger partial charge >= 0.3 is 0 Å². The van der Waals surface area contributed by atoms with Gasteiger partial charge in [-0.3, -0.25) is 9.59 Å². The summed E-state index contributed by atoms with van der Waals surface area (Å²) in [7, 11) is 1.52. The van der Waals surface area contributed by atoms with Crippen LogP contribution in [0.2, 0.25) is 0 Å². The number of aliphatic hydroxyl groups is 1. The highest BCUT2D eigenvalue weighted by Gasteiger charge is 2.30. The molecule has 8 nitrogen and oxygen atoms in total. The summed E-state index contributed by atoms with van der Waals surface area (Å²) >= 11 is 0. The number of primary amides is 1. The van der Waals surface area contributed by atoms with Crippen LogP contribution in [0.25, 0.3) is 32.9 Å². The van der Waals surface area contributed by atoms with Crippen LogP contribution in [0.4, 0.5) is 5.69 Å². The molecule has 0 saturated carbocycles. The third-order valence-electron chi connectivity index (χ3n) is 7.75. The number of nitrogens with zero attached hydrogens (tertiary/aromatic N) is 1. The van der Waals surface area contributed by atoms with Crippen molar-refractivity contribution in [3.8, 4) is 16.9 Å². The number of ether oxygens (including phenoxy) is 2. The number of H-pyrrole nitrogens is 1. The molecule has 5 aromatic rings. The monoisotopic (exact) mass is 549 g/mol. The Morgan fingerprint density at radius 1 is 1.02 bits per heavy atom. The van der Waals surface area contributed by atoms with E-state index in [1.807, 2.05) is 79.4 Å². The van der Waals surface area contributed by atoms with Gasteiger partial charge in [0.1, 0.15) is 18.5 Å². The molecular weight excluding hydrogens is 518 g/mol. The van der Waals surface area contributed by atoms with E-state index in [1.54, 1.807) is 6.07 Å². The number of nitrogens with two attached hydrogens (primary N) is 1. The van der Waals surface area contributed by atoms with Crippen LogP contribution < -0.4 is 15.4 Å². The summed E-state index contributed by atoms with van der Waals surface area (Å²) in [5, 5.41) is 11.7. The van der Waals surface area contributed by atoms with Crippen LogP contribution in [0.5, 0.6) is 5.75 Å². The van der Waals surface area contributed by atoms with E-state index in [-0.39, 0.29) is 19.1 Å². The lowest BCUT2D eigenvalue weighted by Gasteiger charge is -2.21. The number of aryl methyl sites for hydroxylation is 1. The third-order valence-corrected chi connectivity index (χ3v) is 7.75. The van der Waals surface area contributed by atoms with Crippen LogP contribution in [0, 0.1) is 13.8 Å². The van der Waals surface area contributed by atoms with E-state index in [4.69, 9.17) is 15.2 Å². The van der Waals surface area contributed by atoms with E-state index >= 15 is 0 Å². The number of carbonyl (C=O) groups is 2. The van der Waals surface area contributed by atoms with Gasteiger partial charge in [0, 0.05) is 35.2 Å². The minimum Gasteiger partial charge on any atom is -0.491 e. The Morgan fingerprint density at radius 3 is 2.63 bits per heavy atom. The van der Waals surface area contributed by atoms with Crippen LogP contribution in [0.1, 0.15) is 37.4 Å². The molecule has 41 heavy (non-hydrogen) atoms. The van der Waals surface area contributed by atoms with Gasteiger partial charge in [0.05, 0.1) is 29.7 Å². The average Bonchev–Trinajstić information content (AvgIpc) is 3.49. The molecule has 1 atom stereocenters. The van der Waals surface area contributed by atoms with Gasteiger partial charge in [0.25, 0.3) is 11.8 Å². The fourth-order valence-electron chi connectivity index (χ4n) is 5.76. The van der Waals surface area contributed by atoms with Crippen LogP contribution in [0.3, 0.4) is 0 Å². The molecule has 0 aliphatic carbocycles. The lowest BCUT2D eigenvalue weighted by Crippen LogP contribution is -2.24. The van der Waals surface area contributed by atoms with Crippen molar-refractivity contribution in [2.45, 2.75) is 26.5 Å². The molecule has 2 heterocycles. The first-order valence-corrected chi connectivity index (χ1v) is 13.5. The number of methoxy groups -OCH3 is 1. The second kappa shape index (κ2) is 10.4. The lowest BCUT2D eigenvalue weighted by molar-refractivity contribution is 0.0326. The summed E-state index contributed by atoms with van der Waals surface area (Å²) in [5.74, 6) is 0.0313. The number of anilines is 1. The van der Waals surface area contributed by atoms with Crippen LogP contribution >= 0.6 is 0 Å². The number of benzene rings is 4. The topological polar surface area (TPSA) is 118 Å². The molecule has 1 unspecified atom stereocenters. The van der Waals surface area contributed by atoms with Crippen molar-refractivity contribution in [1.82, 2.24) is 4.98 Å². The smallest absolute Gasteiger partial charge is 0.258 e. The molecule has 0 radical (unpaired) electrons. The number of rotatable bonds is 8. The number of hydrogen-bond acceptors (Lipinski definition) is 5. The van der Waals surface area contributed by atoms with Crippen molar-refractivity contribution in [3.05, 3.63) is 94.5 Å². The van der Waals surface area contributed by atoms with Gasteiger partial charge in [-0.15, -0.1) is 0 Å². The Morgan fingerprint density at radius 2 is 1.85 bits per heavy atom. The van der Waals surface area contributed by atoms with Crippen molar-refractivity contribution in [1.29, 1.82) is 0 Å². The molecule has 0 fully saturated rings. The Balaban J connectivity index is 1.46. The number of aromatic amines is 1. The van der Waals surface area contributed by atoms with Gasteiger partial charge in [-0.1, -0.05) is 35.9 Å². The zero-order valence-corrected chi connectivity index (χ0v) is 23.2. The second-order valence-electron chi connectivity index (χ2n) is 10.5. The number of aromatic nitrogens is 1. The molecule has 1 aliphatic rings. The Kier molecular flexibility index (Phi) is 6.73. The first-order valence-electron chi connectivity index (χ1n) is 13.5. The minimum atomic E-state index is -0.749. The third kappa shape index (κ3) is 4.61. The molecule has 1 aromatic heterocycles. The predicted octanol–water partition coefficient (Wildman–Crippen LogP) is 5.25. The van der Waals surface area contributed by atoms with E-state index in [1.165, 1.54) is 7.11 Å². The highest BCUT2D eigenvalue weighted by molar-refractivity contribution is 6.20. The summed E-state index contributed by atoms with van der Waals surface area (Å²) < 4.78 is 10.7. The maximum Gasteiger partial charge on any atom is 0.258 e. The molecule has 8 heteroatoms. The minimum absolute atomic E-state index is 0.00610. The fourth-order valence-corrected chi connectivity index (χ4v) is 5.76. The van der Waals surface area contributed by atoms with Crippen LogP contribution in [0.15, 0.2) is 66.7 Å². The molecule has 4 aromatic carbocycles. The van der Waals surface area contributed by atoms with Gasteiger partial charge in [-0.2, -0.15) is 0 Å². The lowest BCUT2D eigenvalue weighted by atomic mass is 9.93. The highest BCUT2D eigenvalue weighted by atomic mass is 16.5. The number of aliphatic hydroxyl groups excluding tert-OH is 1. The first kappa shape index (κ1) is 26.6. The van der Waals surface area contributed by atoms with Gasteiger partial charge in [0.15, 0.2) is 0 Å². The van der Waals surface area contributed by atoms with E-state index in [2.05, 4.69) is 4.98 Å². The maximum absolute atomic E-state index is 13.4. The summed E-state index contributed by atoms with van der Waals surface area (Å²) in [5.41, 5.74) is 14.0. The van der Waals surface area contributed by atoms with Crippen molar-refractivity contribution < 1.29 is 24.2 Å². The quantitative estimate of drug-likeness (QED) is 0.244. The molecule has 0 spiro atoms. The number of nitrogens with one attached hydrogen (secondary N) is 1. The Bertz CT molecular complexity index is 1840. The summed E-state index contributed by atoms with van der Waals surface area (Å²) in [6.45, 7) is 4.79. The molecule has 0 saturated heterocycles.